The van der Waals surface area contributed by atoms with Gasteiger partial charge in [-0.2, -0.15) is 0 Å². The number of hydrogen-bond donors (Lipinski definition) is 1. The van der Waals surface area contributed by atoms with Crippen LogP contribution in [0, 0.1) is 12.8 Å². The Labute approximate surface area is 139 Å². The third kappa shape index (κ3) is 4.08. The Morgan fingerprint density at radius 2 is 2.33 bits per heavy atom. The highest BCUT2D eigenvalue weighted by molar-refractivity contribution is 5.76. The molecular weight excluding hydrogens is 310 g/mol. The Bertz CT molecular complexity index is 754. The summed E-state index contributed by atoms with van der Waals surface area (Å²) in [4.78, 5) is 36.6. The fourth-order valence-corrected chi connectivity index (χ4v) is 2.86. The molecule has 0 aliphatic carbocycles. The lowest BCUT2D eigenvalue weighted by Crippen LogP contribution is -2.38. The number of ether oxygens (including phenoxy) is 1. The standard InChI is InChI=1S/C16H21N5O3/c1-12-17-2-3-20(12)9-16(23)21-4-5-24-10-13(8-21)6-14-7-15(22)19-11-18-14/h2-3,7,11,13H,4-6,8-10H2,1H3,(H,18,19,22). The fourth-order valence-electron chi connectivity index (χ4n) is 2.86. The summed E-state index contributed by atoms with van der Waals surface area (Å²) in [6.07, 6.45) is 5.51. The lowest BCUT2D eigenvalue weighted by atomic mass is 10.0. The van der Waals surface area contributed by atoms with Crippen LogP contribution >= 0.6 is 0 Å². The van der Waals surface area contributed by atoms with Crippen molar-refractivity contribution in [3.8, 4) is 0 Å². The van der Waals surface area contributed by atoms with E-state index in [0.29, 0.717) is 38.4 Å². The number of imidazole rings is 1. The van der Waals surface area contributed by atoms with Gasteiger partial charge in [-0.05, 0) is 13.3 Å². The number of nitrogens with one attached hydrogen (secondary N) is 1. The highest BCUT2D eigenvalue weighted by Gasteiger charge is 2.23. The van der Waals surface area contributed by atoms with E-state index >= 15 is 0 Å². The first-order valence-electron chi connectivity index (χ1n) is 7.98. The number of aromatic nitrogens is 4. The molecule has 3 rings (SSSR count). The monoisotopic (exact) mass is 331 g/mol. The Morgan fingerprint density at radius 3 is 3.08 bits per heavy atom. The van der Waals surface area contributed by atoms with Gasteiger partial charge in [-0.1, -0.05) is 0 Å². The first-order valence-corrected chi connectivity index (χ1v) is 7.98. The Hall–Kier alpha value is -2.48. The quantitative estimate of drug-likeness (QED) is 0.851. The largest absolute Gasteiger partial charge is 0.379 e. The van der Waals surface area contributed by atoms with Crippen molar-refractivity contribution in [1.29, 1.82) is 0 Å². The predicted molar refractivity (Wildman–Crippen MR) is 86.4 cm³/mol. The Balaban J connectivity index is 1.64. The van der Waals surface area contributed by atoms with Crippen molar-refractivity contribution in [3.05, 3.63) is 46.7 Å². The fraction of sp³-hybridized carbons (Fsp3) is 0.500. The number of nitrogens with zero attached hydrogens (tertiary/aromatic N) is 4. The zero-order valence-corrected chi connectivity index (χ0v) is 13.6. The molecular formula is C16H21N5O3. The highest BCUT2D eigenvalue weighted by atomic mass is 16.5. The molecule has 0 radical (unpaired) electrons. The SMILES string of the molecule is Cc1nccn1CC(=O)N1CCOCC(Cc2cc(=O)[nH]cn2)C1. The summed E-state index contributed by atoms with van der Waals surface area (Å²) in [7, 11) is 0. The van der Waals surface area contributed by atoms with Crippen molar-refractivity contribution in [2.24, 2.45) is 5.92 Å². The maximum Gasteiger partial charge on any atom is 0.250 e. The third-order valence-electron chi connectivity index (χ3n) is 4.15. The predicted octanol–water partition coefficient (Wildman–Crippen LogP) is -0.00748. The number of carbonyl (C=O) groups is 1. The maximum absolute atomic E-state index is 12.6. The molecule has 1 amide bonds. The summed E-state index contributed by atoms with van der Waals surface area (Å²) in [5, 5.41) is 0. The molecule has 0 bridgehead atoms. The zero-order valence-electron chi connectivity index (χ0n) is 13.6. The summed E-state index contributed by atoms with van der Waals surface area (Å²) in [5.41, 5.74) is 0.546. The van der Waals surface area contributed by atoms with E-state index in [9.17, 15) is 9.59 Å². The number of carbonyl (C=O) groups excluding carboxylic acids is 1. The van der Waals surface area contributed by atoms with Crippen LogP contribution in [-0.2, 0) is 22.5 Å². The van der Waals surface area contributed by atoms with Gasteiger partial charge < -0.3 is 19.2 Å². The second-order valence-corrected chi connectivity index (χ2v) is 5.99. The summed E-state index contributed by atoms with van der Waals surface area (Å²) in [6, 6.07) is 1.49. The summed E-state index contributed by atoms with van der Waals surface area (Å²) in [5.74, 6) is 0.985. The van der Waals surface area contributed by atoms with Gasteiger partial charge in [0.2, 0.25) is 5.91 Å². The Morgan fingerprint density at radius 1 is 1.46 bits per heavy atom. The summed E-state index contributed by atoms with van der Waals surface area (Å²) in [6.45, 7) is 4.41. The lowest BCUT2D eigenvalue weighted by molar-refractivity contribution is -0.132. The first-order chi connectivity index (χ1) is 11.6. The maximum atomic E-state index is 12.6. The summed E-state index contributed by atoms with van der Waals surface area (Å²) < 4.78 is 7.46. The van der Waals surface area contributed by atoms with Gasteiger partial charge >= 0.3 is 0 Å². The van der Waals surface area contributed by atoms with E-state index in [4.69, 9.17) is 4.74 Å². The van der Waals surface area contributed by atoms with Gasteiger partial charge in [0, 0.05) is 43.2 Å². The molecule has 24 heavy (non-hydrogen) atoms. The Kier molecular flexibility index (Phi) is 5.05. The number of amides is 1. The van der Waals surface area contributed by atoms with Crippen molar-refractivity contribution in [2.45, 2.75) is 19.9 Å². The van der Waals surface area contributed by atoms with Crippen LogP contribution in [0.15, 0.2) is 29.6 Å². The topological polar surface area (TPSA) is 93.1 Å². The van der Waals surface area contributed by atoms with Crippen LogP contribution in [0.2, 0.25) is 0 Å². The molecule has 8 nitrogen and oxygen atoms in total. The molecule has 128 valence electrons. The first kappa shape index (κ1) is 16.4. The van der Waals surface area contributed by atoms with Crippen LogP contribution in [0.25, 0.3) is 0 Å². The van der Waals surface area contributed by atoms with Gasteiger partial charge in [0.05, 0.1) is 19.5 Å². The van der Waals surface area contributed by atoms with Crippen LogP contribution < -0.4 is 5.56 Å². The smallest absolute Gasteiger partial charge is 0.250 e. The van der Waals surface area contributed by atoms with Crippen LogP contribution in [0.3, 0.4) is 0 Å². The van der Waals surface area contributed by atoms with Gasteiger partial charge in [0.15, 0.2) is 0 Å². The van der Waals surface area contributed by atoms with Crippen molar-refractivity contribution in [3.63, 3.8) is 0 Å². The molecule has 1 aliphatic heterocycles. The average molecular weight is 331 g/mol. The van der Waals surface area contributed by atoms with E-state index in [1.54, 1.807) is 12.4 Å². The molecule has 0 saturated carbocycles. The molecule has 1 N–H and O–H groups in total. The van der Waals surface area contributed by atoms with Gasteiger partial charge in [0.1, 0.15) is 12.4 Å². The molecule has 2 aromatic rings. The van der Waals surface area contributed by atoms with Crippen LogP contribution in [-0.4, -0.2) is 56.6 Å². The molecule has 3 heterocycles. The van der Waals surface area contributed by atoms with Gasteiger partial charge in [-0.25, -0.2) is 9.97 Å². The summed E-state index contributed by atoms with van der Waals surface area (Å²) >= 11 is 0. The van der Waals surface area contributed by atoms with E-state index in [1.165, 1.54) is 12.4 Å². The van der Waals surface area contributed by atoms with Gasteiger partial charge in [-0.15, -0.1) is 0 Å². The lowest BCUT2D eigenvalue weighted by Gasteiger charge is -2.24. The number of H-pyrrole nitrogens is 1. The minimum atomic E-state index is -0.168. The molecule has 1 saturated heterocycles. The van der Waals surface area contributed by atoms with E-state index < -0.39 is 0 Å². The average Bonchev–Trinajstić information content (AvgIpc) is 2.81. The molecule has 1 atom stereocenters. The third-order valence-corrected chi connectivity index (χ3v) is 4.15. The zero-order chi connectivity index (χ0) is 16.9. The number of aromatic amines is 1. The number of rotatable bonds is 4. The van der Waals surface area contributed by atoms with E-state index in [2.05, 4.69) is 15.0 Å². The molecule has 2 aromatic heterocycles. The van der Waals surface area contributed by atoms with Gasteiger partial charge in [-0.3, -0.25) is 9.59 Å². The molecule has 8 heteroatoms. The van der Waals surface area contributed by atoms with Crippen molar-refractivity contribution < 1.29 is 9.53 Å². The molecule has 1 unspecified atom stereocenters. The van der Waals surface area contributed by atoms with Crippen molar-refractivity contribution >= 4 is 5.91 Å². The van der Waals surface area contributed by atoms with E-state index in [-0.39, 0.29) is 23.9 Å². The molecule has 0 aromatic carbocycles. The van der Waals surface area contributed by atoms with E-state index in [0.717, 1.165) is 5.82 Å². The van der Waals surface area contributed by atoms with Crippen LogP contribution in [0.5, 0.6) is 0 Å². The van der Waals surface area contributed by atoms with Crippen molar-refractivity contribution in [2.75, 3.05) is 26.3 Å². The second-order valence-electron chi connectivity index (χ2n) is 5.99. The minimum Gasteiger partial charge on any atom is -0.379 e. The number of hydrogen-bond acceptors (Lipinski definition) is 5. The van der Waals surface area contributed by atoms with Crippen molar-refractivity contribution in [1.82, 2.24) is 24.4 Å². The molecule has 1 aliphatic rings. The highest BCUT2D eigenvalue weighted by Crippen LogP contribution is 2.13. The molecule has 1 fully saturated rings. The number of aryl methyl sites for hydroxylation is 1. The van der Waals surface area contributed by atoms with Gasteiger partial charge in [0.25, 0.3) is 5.56 Å². The van der Waals surface area contributed by atoms with E-state index in [1.807, 2.05) is 16.4 Å². The normalized spacial score (nSPS) is 18.4. The van der Waals surface area contributed by atoms with Crippen LogP contribution in [0.1, 0.15) is 11.5 Å². The molecule has 0 spiro atoms. The van der Waals surface area contributed by atoms with Crippen LogP contribution in [0.4, 0.5) is 0 Å². The second kappa shape index (κ2) is 7.39. The minimum absolute atomic E-state index is 0.0467.